The molecule has 3 aromatic rings. The SMILES string of the molecule is CCc1cccc(C)c1NC(=O)C(CC)Sc1cccc(NC(=O)c2cccc(C)c2)c1. The predicted octanol–water partition coefficient (Wildman–Crippen LogP) is 6.63. The molecule has 1 atom stereocenters. The Hall–Kier alpha value is -3.05. The van der Waals surface area contributed by atoms with Crippen LogP contribution in [-0.2, 0) is 11.2 Å². The van der Waals surface area contributed by atoms with E-state index < -0.39 is 0 Å². The lowest BCUT2D eigenvalue weighted by atomic mass is 10.1. The molecule has 0 spiro atoms. The van der Waals surface area contributed by atoms with Gasteiger partial charge in [-0.1, -0.05) is 55.8 Å². The van der Waals surface area contributed by atoms with Gasteiger partial charge >= 0.3 is 0 Å². The van der Waals surface area contributed by atoms with E-state index in [1.165, 1.54) is 11.8 Å². The summed E-state index contributed by atoms with van der Waals surface area (Å²) in [5, 5.41) is 5.87. The zero-order valence-electron chi connectivity index (χ0n) is 19.1. The molecule has 32 heavy (non-hydrogen) atoms. The number of aryl methyl sites for hydroxylation is 3. The van der Waals surface area contributed by atoms with E-state index in [9.17, 15) is 9.59 Å². The van der Waals surface area contributed by atoms with E-state index in [2.05, 4.69) is 23.6 Å². The summed E-state index contributed by atoms with van der Waals surface area (Å²) in [5.41, 5.74) is 5.50. The molecular formula is C27H30N2O2S. The fourth-order valence-electron chi connectivity index (χ4n) is 3.53. The van der Waals surface area contributed by atoms with E-state index in [0.717, 1.165) is 33.7 Å². The van der Waals surface area contributed by atoms with Crippen LogP contribution in [0, 0.1) is 13.8 Å². The molecule has 0 saturated carbocycles. The van der Waals surface area contributed by atoms with E-state index >= 15 is 0 Å². The van der Waals surface area contributed by atoms with Crippen LogP contribution in [0.3, 0.4) is 0 Å². The fraction of sp³-hybridized carbons (Fsp3) is 0.259. The number of amides is 2. The molecular weight excluding hydrogens is 416 g/mol. The minimum atomic E-state index is -0.234. The lowest BCUT2D eigenvalue weighted by Crippen LogP contribution is -2.25. The van der Waals surface area contributed by atoms with Crippen LogP contribution < -0.4 is 10.6 Å². The van der Waals surface area contributed by atoms with Gasteiger partial charge in [-0.2, -0.15) is 0 Å². The first kappa shape index (κ1) is 23.6. The van der Waals surface area contributed by atoms with Crippen LogP contribution >= 0.6 is 11.8 Å². The summed E-state index contributed by atoms with van der Waals surface area (Å²) in [6.07, 6.45) is 1.56. The molecule has 2 amide bonds. The number of benzene rings is 3. The Labute approximate surface area is 194 Å². The first-order valence-electron chi connectivity index (χ1n) is 10.9. The lowest BCUT2D eigenvalue weighted by Gasteiger charge is -2.18. The maximum atomic E-state index is 13.0. The fourth-order valence-corrected chi connectivity index (χ4v) is 4.54. The number of carbonyl (C=O) groups excluding carboxylic acids is 2. The maximum absolute atomic E-state index is 13.0. The van der Waals surface area contributed by atoms with Crippen LogP contribution in [0.2, 0.25) is 0 Å². The molecule has 0 aliphatic carbocycles. The highest BCUT2D eigenvalue weighted by molar-refractivity contribution is 8.00. The molecule has 3 aromatic carbocycles. The van der Waals surface area contributed by atoms with Gasteiger partial charge in [0.1, 0.15) is 0 Å². The van der Waals surface area contributed by atoms with Gasteiger partial charge in [0.2, 0.25) is 5.91 Å². The monoisotopic (exact) mass is 446 g/mol. The Morgan fingerprint density at radius 3 is 2.38 bits per heavy atom. The van der Waals surface area contributed by atoms with Crippen molar-refractivity contribution in [2.75, 3.05) is 10.6 Å². The third-order valence-corrected chi connectivity index (χ3v) is 6.66. The average Bonchev–Trinajstić information content (AvgIpc) is 2.79. The van der Waals surface area contributed by atoms with Gasteiger partial charge in [-0.25, -0.2) is 0 Å². The number of nitrogens with one attached hydrogen (secondary N) is 2. The van der Waals surface area contributed by atoms with Crippen molar-refractivity contribution in [3.63, 3.8) is 0 Å². The second kappa shape index (κ2) is 11.0. The smallest absolute Gasteiger partial charge is 0.255 e. The van der Waals surface area contributed by atoms with Crippen LogP contribution in [0.15, 0.2) is 71.6 Å². The first-order chi connectivity index (χ1) is 15.4. The van der Waals surface area contributed by atoms with Crippen LogP contribution in [0.25, 0.3) is 0 Å². The van der Waals surface area contributed by atoms with Gasteiger partial charge in [-0.15, -0.1) is 11.8 Å². The van der Waals surface area contributed by atoms with Crippen molar-refractivity contribution in [2.24, 2.45) is 0 Å². The summed E-state index contributed by atoms with van der Waals surface area (Å²) in [5.74, 6) is -0.150. The first-order valence-corrected chi connectivity index (χ1v) is 11.8. The summed E-state index contributed by atoms with van der Waals surface area (Å²) in [7, 11) is 0. The Morgan fingerprint density at radius 1 is 0.906 bits per heavy atom. The van der Waals surface area contributed by atoms with Crippen molar-refractivity contribution in [3.8, 4) is 0 Å². The Kier molecular flexibility index (Phi) is 8.12. The van der Waals surface area contributed by atoms with Crippen LogP contribution in [0.5, 0.6) is 0 Å². The molecule has 0 aliphatic rings. The minimum absolute atomic E-state index is 0.00398. The van der Waals surface area contributed by atoms with Gasteiger partial charge in [0.05, 0.1) is 5.25 Å². The number of hydrogen-bond acceptors (Lipinski definition) is 3. The standard InChI is InChI=1S/C27H30N2O2S/c1-5-20-12-8-11-19(4)25(20)29-27(31)24(6-2)32-23-15-9-14-22(17-23)28-26(30)21-13-7-10-18(3)16-21/h7-17,24H,5-6H2,1-4H3,(H,28,30)(H,29,31). The second-order valence-electron chi connectivity index (χ2n) is 7.82. The number of thioether (sulfide) groups is 1. The summed E-state index contributed by atoms with van der Waals surface area (Å²) < 4.78 is 0. The molecule has 166 valence electrons. The molecule has 0 aromatic heterocycles. The molecule has 0 heterocycles. The zero-order valence-corrected chi connectivity index (χ0v) is 19.9. The van der Waals surface area contributed by atoms with Crippen molar-refractivity contribution in [3.05, 3.63) is 89.0 Å². The molecule has 5 heteroatoms. The van der Waals surface area contributed by atoms with Crippen molar-refractivity contribution in [1.82, 2.24) is 0 Å². The predicted molar refractivity (Wildman–Crippen MR) is 135 cm³/mol. The van der Waals surface area contributed by atoms with Crippen molar-refractivity contribution in [1.29, 1.82) is 0 Å². The highest BCUT2D eigenvalue weighted by atomic mass is 32.2. The molecule has 0 aliphatic heterocycles. The largest absolute Gasteiger partial charge is 0.325 e. The van der Waals surface area contributed by atoms with E-state index in [1.54, 1.807) is 6.07 Å². The lowest BCUT2D eigenvalue weighted by molar-refractivity contribution is -0.115. The average molecular weight is 447 g/mol. The highest BCUT2D eigenvalue weighted by Gasteiger charge is 2.20. The number of hydrogen-bond donors (Lipinski definition) is 2. The Morgan fingerprint density at radius 2 is 1.66 bits per heavy atom. The van der Waals surface area contributed by atoms with Gasteiger partial charge in [0.25, 0.3) is 5.91 Å². The third kappa shape index (κ3) is 6.01. The quantitative estimate of drug-likeness (QED) is 0.382. The summed E-state index contributed by atoms with van der Waals surface area (Å²) in [6.45, 7) is 8.08. The van der Waals surface area contributed by atoms with Gasteiger partial charge < -0.3 is 10.6 Å². The number of rotatable bonds is 8. The molecule has 0 radical (unpaired) electrons. The Balaban J connectivity index is 1.70. The van der Waals surface area contributed by atoms with Crippen LogP contribution in [0.1, 0.15) is 47.3 Å². The number of anilines is 2. The topological polar surface area (TPSA) is 58.2 Å². The van der Waals surface area contributed by atoms with Crippen molar-refractivity contribution in [2.45, 2.75) is 50.7 Å². The van der Waals surface area contributed by atoms with E-state index in [4.69, 9.17) is 0 Å². The summed E-state index contributed by atoms with van der Waals surface area (Å²) in [4.78, 5) is 26.6. The maximum Gasteiger partial charge on any atom is 0.255 e. The molecule has 0 fully saturated rings. The van der Waals surface area contributed by atoms with E-state index in [1.807, 2.05) is 75.4 Å². The second-order valence-corrected chi connectivity index (χ2v) is 9.09. The summed E-state index contributed by atoms with van der Waals surface area (Å²) in [6, 6.07) is 21.2. The molecule has 3 rings (SSSR count). The zero-order chi connectivity index (χ0) is 23.1. The minimum Gasteiger partial charge on any atom is -0.325 e. The third-order valence-electron chi connectivity index (χ3n) is 5.30. The van der Waals surface area contributed by atoms with Crippen LogP contribution in [-0.4, -0.2) is 17.1 Å². The number of para-hydroxylation sites is 1. The summed E-state index contributed by atoms with van der Waals surface area (Å²) >= 11 is 1.51. The molecule has 2 N–H and O–H groups in total. The molecule has 4 nitrogen and oxygen atoms in total. The van der Waals surface area contributed by atoms with Crippen LogP contribution in [0.4, 0.5) is 11.4 Å². The van der Waals surface area contributed by atoms with Gasteiger partial charge in [-0.3, -0.25) is 9.59 Å². The molecule has 0 bridgehead atoms. The van der Waals surface area contributed by atoms with Crippen molar-refractivity contribution < 1.29 is 9.59 Å². The highest BCUT2D eigenvalue weighted by Crippen LogP contribution is 2.30. The van der Waals surface area contributed by atoms with E-state index in [-0.39, 0.29) is 17.1 Å². The Bertz CT molecular complexity index is 1110. The van der Waals surface area contributed by atoms with Gasteiger partial charge in [0.15, 0.2) is 0 Å². The van der Waals surface area contributed by atoms with Gasteiger partial charge in [-0.05, 0) is 68.1 Å². The van der Waals surface area contributed by atoms with E-state index in [0.29, 0.717) is 17.7 Å². The normalized spacial score (nSPS) is 11.6. The van der Waals surface area contributed by atoms with Crippen molar-refractivity contribution >= 4 is 35.0 Å². The number of carbonyl (C=O) groups is 2. The molecule has 0 saturated heterocycles. The van der Waals surface area contributed by atoms with Gasteiger partial charge in [0, 0.05) is 21.8 Å². The molecule has 1 unspecified atom stereocenters.